The van der Waals surface area contributed by atoms with E-state index in [9.17, 15) is 0 Å². The summed E-state index contributed by atoms with van der Waals surface area (Å²) in [5, 5.41) is 2.29. The van der Waals surface area contributed by atoms with Crippen LogP contribution in [0.25, 0.3) is 5.57 Å². The summed E-state index contributed by atoms with van der Waals surface area (Å²) in [6.45, 7) is 18.9. The van der Waals surface area contributed by atoms with Crippen LogP contribution < -0.4 is 5.30 Å². The van der Waals surface area contributed by atoms with Crippen molar-refractivity contribution in [2.45, 2.75) is 82.6 Å². The molecule has 1 aromatic carbocycles. The van der Waals surface area contributed by atoms with E-state index in [2.05, 4.69) is 97.9 Å². The van der Waals surface area contributed by atoms with Gasteiger partial charge in [-0.25, -0.2) is 0 Å². The van der Waals surface area contributed by atoms with Crippen LogP contribution in [0.4, 0.5) is 0 Å². The first kappa shape index (κ1) is 25.4. The van der Waals surface area contributed by atoms with Gasteiger partial charge in [0.25, 0.3) is 0 Å². The normalized spacial score (nSPS) is 14.9. The first-order valence-corrected chi connectivity index (χ1v) is 17.7. The van der Waals surface area contributed by atoms with E-state index in [4.69, 9.17) is 8.45 Å². The SMILES string of the molecule is CC(C)(C)[PH+](c1ccccc1C1=CCCC=C1)C(C)(C)C.CC(C)[CH2][Po][Cl]. The maximum atomic E-state index is 5.56. The molecule has 0 radical (unpaired) electrons. The molecule has 2 rings (SSSR count). The molecule has 0 N–H and O–H groups in total. The monoisotopic (exact) mass is 602 g/mol. The summed E-state index contributed by atoms with van der Waals surface area (Å²) >= 11 is -0.354. The van der Waals surface area contributed by atoms with Gasteiger partial charge in [-0.2, -0.15) is 0 Å². The molecule has 0 aromatic heterocycles. The van der Waals surface area contributed by atoms with E-state index in [0.29, 0.717) is 10.3 Å². The molecule has 152 valence electrons. The van der Waals surface area contributed by atoms with E-state index in [1.54, 1.807) is 5.30 Å². The van der Waals surface area contributed by atoms with Crippen molar-refractivity contribution in [3.05, 3.63) is 48.1 Å². The molecule has 0 heterocycles. The summed E-state index contributed by atoms with van der Waals surface area (Å²) in [5.74, 6) is 0.840. The van der Waals surface area contributed by atoms with Crippen molar-refractivity contribution in [3.63, 3.8) is 0 Å². The maximum absolute atomic E-state index is 5.56. The van der Waals surface area contributed by atoms with Gasteiger partial charge in [-0.1, -0.05) is 36.4 Å². The van der Waals surface area contributed by atoms with Crippen LogP contribution in [0.2, 0.25) is 4.08 Å². The van der Waals surface area contributed by atoms with Crippen molar-refractivity contribution in [1.29, 1.82) is 0 Å². The fourth-order valence-corrected chi connectivity index (χ4v) is 11.6. The zero-order valence-electron chi connectivity index (χ0n) is 18.5. The Balaban J connectivity index is 0.000000527. The van der Waals surface area contributed by atoms with E-state index in [1.807, 2.05) is 0 Å². The molecule has 0 saturated heterocycles. The molecule has 0 bridgehead atoms. The predicted molar refractivity (Wildman–Crippen MR) is 132 cm³/mol. The summed E-state index contributed by atoms with van der Waals surface area (Å²) in [5.41, 5.74) is 2.89. The number of hydrogen-bond acceptors (Lipinski definition) is 0. The average Bonchev–Trinajstić information content (AvgIpc) is 2.54. The molecule has 1 aliphatic carbocycles. The van der Waals surface area contributed by atoms with E-state index < -0.39 is 7.92 Å². The second-order valence-electron chi connectivity index (χ2n) is 9.73. The van der Waals surface area contributed by atoms with Crippen molar-refractivity contribution in [2.24, 2.45) is 5.92 Å². The van der Waals surface area contributed by atoms with Crippen molar-refractivity contribution >= 4 is 49.6 Å². The third kappa shape index (κ3) is 8.69. The molecule has 0 atom stereocenters. The first-order valence-electron chi connectivity index (χ1n) is 10.1. The van der Waals surface area contributed by atoms with Gasteiger partial charge in [0.1, 0.15) is 5.30 Å². The number of rotatable bonds is 4. The molecule has 0 spiro atoms. The summed E-state index contributed by atoms with van der Waals surface area (Å²) < 4.78 is 1.31. The molecular weight excluding hydrogens is 564 g/mol. The third-order valence-electron chi connectivity index (χ3n) is 4.40. The molecule has 0 fully saturated rings. The number of halogens is 1. The van der Waals surface area contributed by atoms with Crippen LogP contribution in [0.15, 0.2) is 42.5 Å². The zero-order valence-corrected chi connectivity index (χ0v) is 23.5. The number of hydrogen-bond donors (Lipinski definition) is 0. The fourth-order valence-electron chi connectivity index (χ4n) is 3.82. The third-order valence-corrected chi connectivity index (χ3v) is 12.6. The zero-order chi connectivity index (χ0) is 20.7. The Morgan fingerprint density at radius 3 is 2.00 bits per heavy atom. The van der Waals surface area contributed by atoms with Gasteiger partial charge < -0.3 is 0 Å². The molecule has 3 heteroatoms. The first-order chi connectivity index (χ1) is 12.5. The van der Waals surface area contributed by atoms with E-state index in [-0.39, 0.29) is 22.4 Å². The Kier molecular flexibility index (Phi) is 10.8. The molecule has 1 aromatic rings. The standard InChI is InChI=1S/C20H29P.C4H9.ClH.Po/c1-19(2,3)21(20(4,5)6)18-15-11-10-14-17(18)16-12-8-7-9-13-16;1-4(2)3;;/h8,10-15H,7,9H2,1-6H3;4H,1H2,2-3H3;1H;/q;;;+1. The van der Waals surface area contributed by atoms with Gasteiger partial charge in [-0.15, -0.1) is 0 Å². The Labute approximate surface area is 185 Å². The Hall–Kier alpha value is 0.316. The van der Waals surface area contributed by atoms with Gasteiger partial charge >= 0.3 is 54.7 Å². The fraction of sp³-hybridized carbons (Fsp3) is 0.583. The van der Waals surface area contributed by atoms with Crippen LogP contribution in [0, 0.1) is 5.92 Å². The van der Waals surface area contributed by atoms with Crippen LogP contribution in [-0.2, 0) is 0 Å². The Morgan fingerprint density at radius 2 is 1.59 bits per heavy atom. The van der Waals surface area contributed by atoms with Gasteiger partial charge in [0.15, 0.2) is 0 Å². The van der Waals surface area contributed by atoms with Crippen molar-refractivity contribution in [3.8, 4) is 0 Å². The quantitative estimate of drug-likeness (QED) is 0.309. The molecule has 0 nitrogen and oxygen atoms in total. The van der Waals surface area contributed by atoms with Crippen LogP contribution in [0.1, 0.15) is 73.8 Å². The van der Waals surface area contributed by atoms with Gasteiger partial charge in [-0.3, -0.25) is 0 Å². The van der Waals surface area contributed by atoms with Gasteiger partial charge in [-0.05, 0) is 66.0 Å². The van der Waals surface area contributed by atoms with Crippen LogP contribution in [-0.4, -0.2) is 32.7 Å². The molecule has 0 aliphatic heterocycles. The van der Waals surface area contributed by atoms with Crippen LogP contribution in [0.5, 0.6) is 0 Å². The number of allylic oxidation sites excluding steroid dienone is 4. The second-order valence-corrected chi connectivity index (χ2v) is 18.1. The summed E-state index contributed by atoms with van der Waals surface area (Å²) in [7, 11) is 4.86. The summed E-state index contributed by atoms with van der Waals surface area (Å²) in [4.78, 5) is 0. The van der Waals surface area contributed by atoms with Gasteiger partial charge in [0.2, 0.25) is 0 Å². The number of benzene rings is 1. The summed E-state index contributed by atoms with van der Waals surface area (Å²) in [6.07, 6.45) is 9.39. The molecule has 0 saturated carbocycles. The van der Waals surface area contributed by atoms with Crippen molar-refractivity contribution in [2.75, 3.05) is 0 Å². The molecule has 1 aliphatic rings. The van der Waals surface area contributed by atoms with Gasteiger partial charge in [0.05, 0.1) is 10.3 Å². The predicted octanol–water partition coefficient (Wildman–Crippen LogP) is 7.78. The molecular formula is C24H39ClPPo+. The molecule has 0 unspecified atom stereocenters. The minimum absolute atomic E-state index is 0.345. The van der Waals surface area contributed by atoms with E-state index in [0.717, 1.165) is 5.92 Å². The van der Waals surface area contributed by atoms with Crippen molar-refractivity contribution < 1.29 is 0 Å². The summed E-state index contributed by atoms with van der Waals surface area (Å²) in [6, 6.07) is 9.10. The average molecular weight is 603 g/mol. The van der Waals surface area contributed by atoms with E-state index >= 15 is 0 Å². The van der Waals surface area contributed by atoms with Crippen molar-refractivity contribution in [1.82, 2.24) is 0 Å². The second kappa shape index (κ2) is 11.5. The van der Waals surface area contributed by atoms with Crippen LogP contribution in [0.3, 0.4) is 0 Å². The minimum atomic E-state index is -0.706. The van der Waals surface area contributed by atoms with Gasteiger partial charge in [0, 0.05) is 13.5 Å². The van der Waals surface area contributed by atoms with Crippen LogP contribution >= 0.6 is 16.4 Å². The Morgan fingerprint density at radius 1 is 1.00 bits per heavy atom. The topological polar surface area (TPSA) is 0 Å². The van der Waals surface area contributed by atoms with E-state index in [1.165, 1.54) is 28.1 Å². The molecule has 0 amide bonds. The molecule has 27 heavy (non-hydrogen) atoms. The Bertz CT molecular complexity index is 619.